The molecule has 0 radical (unpaired) electrons. The topological polar surface area (TPSA) is 49.4 Å². The van der Waals surface area contributed by atoms with Crippen molar-refractivity contribution in [3.05, 3.63) is 0 Å². The van der Waals surface area contributed by atoms with E-state index in [1.165, 1.54) is 12.8 Å². The van der Waals surface area contributed by atoms with Crippen LogP contribution in [0.5, 0.6) is 0 Å². The van der Waals surface area contributed by atoms with Crippen molar-refractivity contribution < 1.29 is 8.42 Å². The summed E-state index contributed by atoms with van der Waals surface area (Å²) in [6, 6.07) is 0.498. The quantitative estimate of drug-likeness (QED) is 0.853. The Morgan fingerprint density at radius 1 is 1.30 bits per heavy atom. The maximum absolute atomic E-state index is 12.1. The highest BCUT2D eigenvalue weighted by Crippen LogP contribution is 2.41. The number of nitrogens with one attached hydrogen (secondary N) is 1. The van der Waals surface area contributed by atoms with Crippen LogP contribution in [0.2, 0.25) is 0 Å². The number of piperazine rings is 1. The van der Waals surface area contributed by atoms with Crippen LogP contribution in [-0.4, -0.2) is 55.5 Å². The molecule has 0 bridgehead atoms. The van der Waals surface area contributed by atoms with Crippen LogP contribution in [0, 0.1) is 5.92 Å². The summed E-state index contributed by atoms with van der Waals surface area (Å²) in [5.41, 5.74) is 0.202. The van der Waals surface area contributed by atoms with Gasteiger partial charge in [-0.15, -0.1) is 0 Å². The molecule has 2 aliphatic heterocycles. The Balaban J connectivity index is 1.71. The largest absolute Gasteiger partial charge is 0.308 e. The number of rotatable bonds is 4. The lowest BCUT2D eigenvalue weighted by atomic mass is 9.90. The molecule has 3 fully saturated rings. The second-order valence-corrected chi connectivity index (χ2v) is 9.60. The van der Waals surface area contributed by atoms with E-state index in [9.17, 15) is 8.42 Å². The molecule has 0 aromatic rings. The first-order chi connectivity index (χ1) is 9.44. The van der Waals surface area contributed by atoms with Gasteiger partial charge in [0.2, 0.25) is 0 Å². The van der Waals surface area contributed by atoms with Crippen molar-refractivity contribution in [1.82, 2.24) is 10.2 Å². The Morgan fingerprint density at radius 3 is 2.60 bits per heavy atom. The molecule has 4 nitrogen and oxygen atoms in total. The van der Waals surface area contributed by atoms with Gasteiger partial charge in [-0.25, -0.2) is 8.42 Å². The molecular weight excluding hydrogens is 272 g/mol. The van der Waals surface area contributed by atoms with Gasteiger partial charge in [0.1, 0.15) is 0 Å². The average Bonchev–Trinajstić information content (AvgIpc) is 3.18. The fraction of sp³-hybridized carbons (Fsp3) is 1.00. The zero-order valence-corrected chi connectivity index (χ0v) is 13.6. The lowest BCUT2D eigenvalue weighted by molar-refractivity contribution is 0.0727. The molecule has 116 valence electrons. The van der Waals surface area contributed by atoms with Crippen LogP contribution in [0.25, 0.3) is 0 Å². The van der Waals surface area contributed by atoms with Gasteiger partial charge in [0.05, 0.1) is 11.0 Å². The normalized spacial score (nSPS) is 41.9. The second-order valence-electron chi connectivity index (χ2n) is 7.20. The molecule has 1 N–H and O–H groups in total. The Bertz CT molecular complexity index is 460. The van der Waals surface area contributed by atoms with Crippen molar-refractivity contribution in [3.8, 4) is 0 Å². The van der Waals surface area contributed by atoms with E-state index in [0.717, 1.165) is 44.8 Å². The molecule has 1 saturated carbocycles. The molecule has 0 aromatic heterocycles. The monoisotopic (exact) mass is 300 g/mol. The molecule has 2 heterocycles. The van der Waals surface area contributed by atoms with Gasteiger partial charge < -0.3 is 5.32 Å². The molecule has 2 saturated heterocycles. The van der Waals surface area contributed by atoms with Gasteiger partial charge in [-0.3, -0.25) is 4.90 Å². The van der Waals surface area contributed by atoms with Crippen molar-refractivity contribution >= 4 is 9.84 Å². The van der Waals surface area contributed by atoms with Gasteiger partial charge in [0.15, 0.2) is 9.84 Å². The first-order valence-corrected chi connectivity index (χ1v) is 9.87. The predicted molar refractivity (Wildman–Crippen MR) is 81.6 cm³/mol. The summed E-state index contributed by atoms with van der Waals surface area (Å²) in [7, 11) is -2.82. The maximum Gasteiger partial charge on any atom is 0.154 e. The van der Waals surface area contributed by atoms with Gasteiger partial charge in [0, 0.05) is 31.2 Å². The minimum absolute atomic E-state index is 0.113. The molecule has 3 rings (SSSR count). The lowest BCUT2D eigenvalue weighted by Gasteiger charge is -2.47. The molecule has 3 unspecified atom stereocenters. The van der Waals surface area contributed by atoms with Crippen molar-refractivity contribution in [2.75, 3.05) is 25.4 Å². The van der Waals surface area contributed by atoms with E-state index in [0.29, 0.717) is 11.8 Å². The third-order valence-electron chi connectivity index (χ3n) is 5.64. The van der Waals surface area contributed by atoms with E-state index < -0.39 is 9.84 Å². The van der Waals surface area contributed by atoms with Gasteiger partial charge in [-0.2, -0.15) is 0 Å². The smallest absolute Gasteiger partial charge is 0.154 e. The molecule has 0 aromatic carbocycles. The van der Waals surface area contributed by atoms with Crippen LogP contribution in [0.3, 0.4) is 0 Å². The first kappa shape index (κ1) is 14.8. The molecular formula is C15H28N2O2S. The van der Waals surface area contributed by atoms with Crippen LogP contribution in [0.4, 0.5) is 0 Å². The van der Waals surface area contributed by atoms with Crippen LogP contribution < -0.4 is 5.32 Å². The first-order valence-electron chi connectivity index (χ1n) is 8.15. The van der Waals surface area contributed by atoms with E-state index >= 15 is 0 Å². The molecule has 3 atom stereocenters. The summed E-state index contributed by atoms with van der Waals surface area (Å²) in [5.74, 6) is 1.20. The Hall–Kier alpha value is -0.130. The zero-order valence-electron chi connectivity index (χ0n) is 12.8. The van der Waals surface area contributed by atoms with Crippen LogP contribution in [-0.2, 0) is 9.84 Å². The van der Waals surface area contributed by atoms with Crippen molar-refractivity contribution in [2.24, 2.45) is 5.92 Å². The van der Waals surface area contributed by atoms with E-state index in [-0.39, 0.29) is 10.8 Å². The molecule has 1 aliphatic carbocycles. The minimum atomic E-state index is -2.82. The van der Waals surface area contributed by atoms with Crippen molar-refractivity contribution in [3.63, 3.8) is 0 Å². The van der Waals surface area contributed by atoms with Gasteiger partial charge in [-0.05, 0) is 44.9 Å². The zero-order chi connectivity index (χ0) is 14.4. The highest BCUT2D eigenvalue weighted by atomic mass is 32.2. The Kier molecular flexibility index (Phi) is 3.89. The van der Waals surface area contributed by atoms with Gasteiger partial charge in [0.25, 0.3) is 0 Å². The number of sulfone groups is 1. The van der Waals surface area contributed by atoms with Crippen molar-refractivity contribution in [1.29, 1.82) is 0 Å². The number of hydrogen-bond acceptors (Lipinski definition) is 4. The standard InChI is InChI=1S/C15H28N2O2S/c1-3-13-9-16-15(2,12-6-7-12)11-17(13)10-14-5-4-8-20(14,18)19/h12-14,16H,3-11H2,1-2H3. The Labute approximate surface area is 123 Å². The summed E-state index contributed by atoms with van der Waals surface area (Å²) in [6.07, 6.45) is 5.48. The summed E-state index contributed by atoms with van der Waals surface area (Å²) >= 11 is 0. The van der Waals surface area contributed by atoms with E-state index in [1.807, 2.05) is 0 Å². The molecule has 20 heavy (non-hydrogen) atoms. The predicted octanol–water partition coefficient (Wildman–Crippen LogP) is 1.42. The molecule has 0 spiro atoms. The summed E-state index contributed by atoms with van der Waals surface area (Å²) in [4.78, 5) is 2.47. The molecule has 0 amide bonds. The van der Waals surface area contributed by atoms with E-state index in [4.69, 9.17) is 0 Å². The fourth-order valence-corrected chi connectivity index (χ4v) is 5.87. The highest BCUT2D eigenvalue weighted by Gasteiger charge is 2.46. The minimum Gasteiger partial charge on any atom is -0.308 e. The second kappa shape index (κ2) is 5.25. The van der Waals surface area contributed by atoms with Crippen LogP contribution in [0.1, 0.15) is 46.0 Å². The summed E-state index contributed by atoms with van der Waals surface area (Å²) in [5, 5.41) is 3.63. The molecule has 5 heteroatoms. The van der Waals surface area contributed by atoms with E-state index in [1.54, 1.807) is 0 Å². The maximum atomic E-state index is 12.1. The number of nitrogens with zero attached hydrogens (tertiary/aromatic N) is 1. The third-order valence-corrected chi connectivity index (χ3v) is 7.90. The fourth-order valence-electron chi connectivity index (χ4n) is 4.02. The third kappa shape index (κ3) is 2.77. The average molecular weight is 300 g/mol. The van der Waals surface area contributed by atoms with Gasteiger partial charge >= 0.3 is 0 Å². The lowest BCUT2D eigenvalue weighted by Crippen LogP contribution is -2.64. The summed E-state index contributed by atoms with van der Waals surface area (Å²) < 4.78 is 24.2. The van der Waals surface area contributed by atoms with E-state index in [2.05, 4.69) is 24.1 Å². The van der Waals surface area contributed by atoms with Gasteiger partial charge in [-0.1, -0.05) is 6.92 Å². The van der Waals surface area contributed by atoms with Crippen molar-refractivity contribution in [2.45, 2.75) is 62.8 Å². The van der Waals surface area contributed by atoms with Crippen LogP contribution in [0.15, 0.2) is 0 Å². The Morgan fingerprint density at radius 2 is 2.05 bits per heavy atom. The highest BCUT2D eigenvalue weighted by molar-refractivity contribution is 7.92. The molecule has 3 aliphatic rings. The van der Waals surface area contributed by atoms with Crippen LogP contribution >= 0.6 is 0 Å². The number of hydrogen-bond donors (Lipinski definition) is 1. The SMILES string of the molecule is CCC1CNC(C)(C2CC2)CN1CC1CCCS1(=O)=O. The summed E-state index contributed by atoms with van der Waals surface area (Å²) in [6.45, 7) is 7.32.